The maximum atomic E-state index is 12.2. The Morgan fingerprint density at radius 2 is 1.65 bits per heavy atom. The SMILES string of the molecule is Cc1ccc(OC(=O)CCNC(=O)c2ccc(C(C)(C)C)cc2)c(C)c1. The van der Waals surface area contributed by atoms with Gasteiger partial charge in [0.25, 0.3) is 5.91 Å². The van der Waals surface area contributed by atoms with Crippen LogP contribution in [0, 0.1) is 13.8 Å². The van der Waals surface area contributed by atoms with Crippen LogP contribution in [0.2, 0.25) is 0 Å². The van der Waals surface area contributed by atoms with E-state index in [-0.39, 0.29) is 30.3 Å². The Labute approximate surface area is 155 Å². The molecule has 0 unspecified atom stereocenters. The van der Waals surface area contributed by atoms with E-state index in [0.29, 0.717) is 11.3 Å². The monoisotopic (exact) mass is 353 g/mol. The lowest BCUT2D eigenvalue weighted by Gasteiger charge is -2.19. The molecule has 1 N–H and O–H groups in total. The molecule has 0 radical (unpaired) electrons. The van der Waals surface area contributed by atoms with E-state index >= 15 is 0 Å². The second-order valence-corrected chi connectivity index (χ2v) is 7.58. The number of hydrogen-bond acceptors (Lipinski definition) is 3. The Morgan fingerprint density at radius 3 is 2.23 bits per heavy atom. The second-order valence-electron chi connectivity index (χ2n) is 7.58. The molecule has 138 valence electrons. The molecule has 0 heterocycles. The van der Waals surface area contributed by atoms with Crippen molar-refractivity contribution in [3.63, 3.8) is 0 Å². The lowest BCUT2D eigenvalue weighted by atomic mass is 9.87. The minimum Gasteiger partial charge on any atom is -0.426 e. The molecule has 1 amide bonds. The van der Waals surface area contributed by atoms with Gasteiger partial charge in [0.1, 0.15) is 5.75 Å². The lowest BCUT2D eigenvalue weighted by Crippen LogP contribution is -2.27. The van der Waals surface area contributed by atoms with Crippen LogP contribution in [0.4, 0.5) is 0 Å². The zero-order valence-corrected chi connectivity index (χ0v) is 16.2. The molecule has 2 rings (SSSR count). The largest absolute Gasteiger partial charge is 0.426 e. The van der Waals surface area contributed by atoms with Crippen LogP contribution in [0.5, 0.6) is 5.75 Å². The van der Waals surface area contributed by atoms with Gasteiger partial charge in [-0.25, -0.2) is 0 Å². The smallest absolute Gasteiger partial charge is 0.312 e. The first-order chi connectivity index (χ1) is 12.2. The molecule has 0 bridgehead atoms. The third kappa shape index (κ3) is 5.45. The molecule has 0 saturated heterocycles. The maximum Gasteiger partial charge on any atom is 0.312 e. The van der Waals surface area contributed by atoms with E-state index in [1.54, 1.807) is 6.07 Å². The molecule has 0 aromatic heterocycles. The summed E-state index contributed by atoms with van der Waals surface area (Å²) in [5.74, 6) is 0.00908. The van der Waals surface area contributed by atoms with Crippen molar-refractivity contribution in [2.24, 2.45) is 0 Å². The van der Waals surface area contributed by atoms with Crippen molar-refractivity contribution in [2.45, 2.75) is 46.5 Å². The summed E-state index contributed by atoms with van der Waals surface area (Å²) >= 11 is 0. The highest BCUT2D eigenvalue weighted by atomic mass is 16.5. The quantitative estimate of drug-likeness (QED) is 0.643. The van der Waals surface area contributed by atoms with E-state index in [0.717, 1.165) is 11.1 Å². The summed E-state index contributed by atoms with van der Waals surface area (Å²) in [6.45, 7) is 10.5. The molecule has 0 spiro atoms. The fraction of sp³-hybridized carbons (Fsp3) is 0.364. The average Bonchev–Trinajstić information content (AvgIpc) is 2.56. The number of benzene rings is 2. The third-order valence-corrected chi connectivity index (χ3v) is 4.18. The number of aryl methyl sites for hydroxylation is 2. The predicted octanol–water partition coefficient (Wildman–Crippen LogP) is 4.33. The van der Waals surface area contributed by atoms with E-state index < -0.39 is 0 Å². The summed E-state index contributed by atoms with van der Waals surface area (Å²) in [6.07, 6.45) is 0.124. The van der Waals surface area contributed by atoms with Crippen LogP contribution in [0.1, 0.15) is 54.2 Å². The molecule has 0 atom stereocenters. The molecule has 0 fully saturated rings. The summed E-state index contributed by atoms with van der Waals surface area (Å²) in [6, 6.07) is 13.2. The summed E-state index contributed by atoms with van der Waals surface area (Å²) in [4.78, 5) is 24.1. The highest BCUT2D eigenvalue weighted by molar-refractivity contribution is 5.94. The van der Waals surface area contributed by atoms with Gasteiger partial charge in [-0.05, 0) is 48.6 Å². The van der Waals surface area contributed by atoms with Crippen molar-refractivity contribution in [3.05, 3.63) is 64.7 Å². The molecule has 4 heteroatoms. The van der Waals surface area contributed by atoms with Crippen molar-refractivity contribution in [3.8, 4) is 5.75 Å². The normalized spacial score (nSPS) is 11.1. The lowest BCUT2D eigenvalue weighted by molar-refractivity contribution is -0.134. The standard InChI is InChI=1S/C22H27NO3/c1-15-6-11-19(16(2)14-15)26-20(24)12-13-23-21(25)17-7-9-18(10-8-17)22(3,4)5/h6-11,14H,12-13H2,1-5H3,(H,23,25). The van der Waals surface area contributed by atoms with Gasteiger partial charge in [-0.15, -0.1) is 0 Å². The Morgan fingerprint density at radius 1 is 1.00 bits per heavy atom. The van der Waals surface area contributed by atoms with Crippen LogP contribution in [-0.2, 0) is 10.2 Å². The molecule has 0 aliphatic rings. The first-order valence-corrected chi connectivity index (χ1v) is 8.83. The van der Waals surface area contributed by atoms with Crippen LogP contribution in [-0.4, -0.2) is 18.4 Å². The van der Waals surface area contributed by atoms with Crippen LogP contribution in [0.15, 0.2) is 42.5 Å². The summed E-state index contributed by atoms with van der Waals surface area (Å²) < 4.78 is 5.35. The summed E-state index contributed by atoms with van der Waals surface area (Å²) in [7, 11) is 0. The fourth-order valence-corrected chi connectivity index (χ4v) is 2.59. The number of amides is 1. The molecule has 4 nitrogen and oxygen atoms in total. The van der Waals surface area contributed by atoms with Crippen molar-refractivity contribution in [2.75, 3.05) is 6.54 Å². The number of esters is 1. The van der Waals surface area contributed by atoms with Crippen molar-refractivity contribution < 1.29 is 14.3 Å². The summed E-state index contributed by atoms with van der Waals surface area (Å²) in [5, 5.41) is 2.76. The van der Waals surface area contributed by atoms with E-state index in [2.05, 4.69) is 26.1 Å². The Hall–Kier alpha value is -2.62. The number of carbonyl (C=O) groups excluding carboxylic acids is 2. The minimum atomic E-state index is -0.361. The van der Waals surface area contributed by atoms with Gasteiger partial charge in [0.05, 0.1) is 6.42 Å². The van der Waals surface area contributed by atoms with E-state index in [4.69, 9.17) is 4.74 Å². The van der Waals surface area contributed by atoms with Gasteiger partial charge >= 0.3 is 5.97 Å². The summed E-state index contributed by atoms with van der Waals surface area (Å²) in [5.41, 5.74) is 3.84. The van der Waals surface area contributed by atoms with Crippen molar-refractivity contribution >= 4 is 11.9 Å². The van der Waals surface area contributed by atoms with Gasteiger partial charge in [-0.1, -0.05) is 50.6 Å². The van der Waals surface area contributed by atoms with E-state index in [1.165, 1.54) is 5.56 Å². The molecule has 0 aliphatic carbocycles. The molecule has 0 saturated carbocycles. The number of carbonyl (C=O) groups is 2. The van der Waals surface area contributed by atoms with Gasteiger partial charge in [0.2, 0.25) is 0 Å². The topological polar surface area (TPSA) is 55.4 Å². The van der Waals surface area contributed by atoms with Gasteiger partial charge in [0, 0.05) is 12.1 Å². The predicted molar refractivity (Wildman–Crippen MR) is 104 cm³/mol. The zero-order chi connectivity index (χ0) is 19.3. The Balaban J connectivity index is 1.83. The van der Waals surface area contributed by atoms with Gasteiger partial charge in [0.15, 0.2) is 0 Å². The highest BCUT2D eigenvalue weighted by Gasteiger charge is 2.14. The Bertz CT molecular complexity index is 786. The van der Waals surface area contributed by atoms with E-state index in [9.17, 15) is 9.59 Å². The molecule has 2 aromatic carbocycles. The number of nitrogens with one attached hydrogen (secondary N) is 1. The second kappa shape index (κ2) is 8.17. The molecule has 26 heavy (non-hydrogen) atoms. The van der Waals surface area contributed by atoms with Gasteiger partial charge in [-0.3, -0.25) is 9.59 Å². The van der Waals surface area contributed by atoms with Crippen molar-refractivity contribution in [1.29, 1.82) is 0 Å². The van der Waals surface area contributed by atoms with Crippen LogP contribution < -0.4 is 10.1 Å². The number of hydrogen-bond donors (Lipinski definition) is 1. The molecular formula is C22H27NO3. The third-order valence-electron chi connectivity index (χ3n) is 4.18. The fourth-order valence-electron chi connectivity index (χ4n) is 2.59. The van der Waals surface area contributed by atoms with E-state index in [1.807, 2.05) is 50.2 Å². The maximum absolute atomic E-state index is 12.2. The minimum absolute atomic E-state index is 0.0485. The first-order valence-electron chi connectivity index (χ1n) is 8.83. The van der Waals surface area contributed by atoms with Crippen LogP contribution in [0.3, 0.4) is 0 Å². The Kier molecular flexibility index (Phi) is 6.19. The molecule has 0 aliphatic heterocycles. The highest BCUT2D eigenvalue weighted by Crippen LogP contribution is 2.22. The van der Waals surface area contributed by atoms with Gasteiger partial charge in [-0.2, -0.15) is 0 Å². The average molecular weight is 353 g/mol. The molecule has 2 aromatic rings. The number of ether oxygens (including phenoxy) is 1. The number of rotatable bonds is 5. The first kappa shape index (κ1) is 19.7. The van der Waals surface area contributed by atoms with Crippen molar-refractivity contribution in [1.82, 2.24) is 5.32 Å². The van der Waals surface area contributed by atoms with Crippen LogP contribution in [0.25, 0.3) is 0 Å². The van der Waals surface area contributed by atoms with Gasteiger partial charge < -0.3 is 10.1 Å². The zero-order valence-electron chi connectivity index (χ0n) is 16.2. The van der Waals surface area contributed by atoms with Crippen LogP contribution >= 0.6 is 0 Å². The molecular weight excluding hydrogens is 326 g/mol.